The van der Waals surface area contributed by atoms with E-state index in [1.807, 2.05) is 30.4 Å². The molecule has 1 aliphatic rings. The van der Waals surface area contributed by atoms with Gasteiger partial charge in [-0.25, -0.2) is 0 Å². The van der Waals surface area contributed by atoms with E-state index >= 15 is 0 Å². The van der Waals surface area contributed by atoms with Crippen LogP contribution in [0.25, 0.3) is 0 Å². The zero-order valence-electron chi connectivity index (χ0n) is 9.68. The minimum Gasteiger partial charge on any atom is -0.298 e. The molecule has 82 valence electrons. The minimum atomic E-state index is 0.212. The number of benzene rings is 1. The molecule has 0 heterocycles. The summed E-state index contributed by atoms with van der Waals surface area (Å²) >= 11 is 0. The second-order valence-electron chi connectivity index (χ2n) is 4.37. The van der Waals surface area contributed by atoms with Crippen molar-refractivity contribution in [2.75, 3.05) is 0 Å². The highest BCUT2D eigenvalue weighted by atomic mass is 16.1. The van der Waals surface area contributed by atoms with Gasteiger partial charge in [-0.2, -0.15) is 0 Å². The molecule has 0 fully saturated rings. The van der Waals surface area contributed by atoms with Crippen molar-refractivity contribution < 1.29 is 4.79 Å². The molecule has 0 radical (unpaired) electrons. The van der Waals surface area contributed by atoms with E-state index in [4.69, 9.17) is 0 Å². The first kappa shape index (κ1) is 10.9. The van der Waals surface area contributed by atoms with E-state index in [-0.39, 0.29) is 5.92 Å². The molecule has 1 aromatic rings. The molecule has 0 aliphatic heterocycles. The lowest BCUT2D eigenvalue weighted by molar-refractivity contribution is -0.105. The van der Waals surface area contributed by atoms with E-state index in [1.54, 1.807) is 0 Å². The lowest BCUT2D eigenvalue weighted by Gasteiger charge is -2.28. The summed E-state index contributed by atoms with van der Waals surface area (Å²) in [6, 6.07) is 10.2. The first-order valence-electron chi connectivity index (χ1n) is 5.62. The molecule has 16 heavy (non-hydrogen) atoms. The van der Waals surface area contributed by atoms with Gasteiger partial charge >= 0.3 is 0 Å². The molecule has 2 rings (SSSR count). The van der Waals surface area contributed by atoms with Crippen molar-refractivity contribution in [3.05, 3.63) is 59.2 Å². The van der Waals surface area contributed by atoms with Crippen molar-refractivity contribution in [3.8, 4) is 0 Å². The Hall–Kier alpha value is -1.63. The van der Waals surface area contributed by atoms with Crippen LogP contribution >= 0.6 is 0 Å². The molecule has 1 aliphatic carbocycles. The van der Waals surface area contributed by atoms with Crippen molar-refractivity contribution in [1.29, 1.82) is 0 Å². The van der Waals surface area contributed by atoms with Gasteiger partial charge in [-0.1, -0.05) is 55.0 Å². The van der Waals surface area contributed by atoms with Crippen molar-refractivity contribution in [1.82, 2.24) is 0 Å². The van der Waals surface area contributed by atoms with E-state index in [1.165, 1.54) is 11.1 Å². The summed E-state index contributed by atoms with van der Waals surface area (Å²) in [5.74, 6) is 0.608. The van der Waals surface area contributed by atoms with Gasteiger partial charge in [0.2, 0.25) is 0 Å². The summed E-state index contributed by atoms with van der Waals surface area (Å²) in [6.45, 7) is 4.30. The third-order valence-corrected chi connectivity index (χ3v) is 3.41. The number of aldehydes is 1. The number of carbonyl (C=O) groups is 1. The van der Waals surface area contributed by atoms with Crippen molar-refractivity contribution in [2.24, 2.45) is 5.92 Å². The molecule has 2 atom stereocenters. The van der Waals surface area contributed by atoms with Crippen molar-refractivity contribution >= 4 is 6.29 Å². The Balaban J connectivity index is 2.43. The highest BCUT2D eigenvalue weighted by Crippen LogP contribution is 2.37. The van der Waals surface area contributed by atoms with Gasteiger partial charge in [0.25, 0.3) is 0 Å². The van der Waals surface area contributed by atoms with Crippen LogP contribution in [0.5, 0.6) is 0 Å². The first-order chi connectivity index (χ1) is 7.74. The molecular formula is C15H16O. The SMILES string of the molecule is CC1=CC=C(C=O)[C@H](c2ccccc2)C1C. The normalized spacial score (nSPS) is 24.6. The summed E-state index contributed by atoms with van der Waals surface area (Å²) < 4.78 is 0. The fourth-order valence-electron chi connectivity index (χ4n) is 2.29. The van der Waals surface area contributed by atoms with Crippen LogP contribution in [0.2, 0.25) is 0 Å². The van der Waals surface area contributed by atoms with Crippen molar-refractivity contribution in [2.45, 2.75) is 19.8 Å². The summed E-state index contributed by atoms with van der Waals surface area (Å²) in [7, 11) is 0. The van der Waals surface area contributed by atoms with Crippen LogP contribution in [0.15, 0.2) is 53.6 Å². The van der Waals surface area contributed by atoms with E-state index < -0.39 is 0 Å². The number of carbonyl (C=O) groups excluding carboxylic acids is 1. The monoisotopic (exact) mass is 212 g/mol. The molecule has 0 N–H and O–H groups in total. The van der Waals surface area contributed by atoms with Crippen LogP contribution in [0.1, 0.15) is 25.3 Å². The summed E-state index contributed by atoms with van der Waals surface area (Å²) in [5, 5.41) is 0. The smallest absolute Gasteiger partial charge is 0.146 e. The maximum Gasteiger partial charge on any atom is 0.146 e. The number of allylic oxidation sites excluding steroid dienone is 4. The third-order valence-electron chi connectivity index (χ3n) is 3.41. The van der Waals surface area contributed by atoms with Crippen LogP contribution in [-0.4, -0.2) is 6.29 Å². The van der Waals surface area contributed by atoms with Gasteiger partial charge in [0.1, 0.15) is 6.29 Å². The molecule has 0 amide bonds. The fourth-order valence-corrected chi connectivity index (χ4v) is 2.29. The largest absolute Gasteiger partial charge is 0.298 e. The highest BCUT2D eigenvalue weighted by molar-refractivity contribution is 5.77. The number of hydrogen-bond donors (Lipinski definition) is 0. The quantitative estimate of drug-likeness (QED) is 0.686. The van der Waals surface area contributed by atoms with E-state index in [9.17, 15) is 4.79 Å². The summed E-state index contributed by atoms with van der Waals surface area (Å²) in [5.41, 5.74) is 3.43. The topological polar surface area (TPSA) is 17.1 Å². The standard InChI is InChI=1S/C15H16O/c1-11-8-9-14(10-16)15(12(11)2)13-6-4-3-5-7-13/h3-10,12,15H,1-2H3/t12?,15-/m0/s1. The number of hydrogen-bond acceptors (Lipinski definition) is 1. The molecule has 1 nitrogen and oxygen atoms in total. The molecule has 1 aromatic carbocycles. The second-order valence-corrected chi connectivity index (χ2v) is 4.37. The molecule has 1 unspecified atom stereocenters. The Labute approximate surface area is 96.5 Å². The summed E-state index contributed by atoms with van der Waals surface area (Å²) in [4.78, 5) is 11.1. The van der Waals surface area contributed by atoms with Gasteiger partial charge in [-0.15, -0.1) is 0 Å². The average molecular weight is 212 g/mol. The molecule has 1 heteroatoms. The predicted octanol–water partition coefficient (Wildman–Crippen LogP) is 3.49. The van der Waals surface area contributed by atoms with E-state index in [2.05, 4.69) is 26.0 Å². The predicted molar refractivity (Wildman–Crippen MR) is 66.3 cm³/mol. The van der Waals surface area contributed by atoms with Gasteiger partial charge < -0.3 is 0 Å². The average Bonchev–Trinajstić information content (AvgIpc) is 2.33. The molecule has 0 bridgehead atoms. The Kier molecular flexibility index (Phi) is 3.04. The lowest BCUT2D eigenvalue weighted by atomic mass is 9.75. The second kappa shape index (κ2) is 4.48. The Morgan fingerprint density at radius 2 is 1.81 bits per heavy atom. The Morgan fingerprint density at radius 3 is 2.44 bits per heavy atom. The minimum absolute atomic E-state index is 0.212. The molecule has 0 aromatic heterocycles. The molecule has 0 saturated heterocycles. The molecule has 0 spiro atoms. The van der Waals surface area contributed by atoms with Gasteiger partial charge in [0.05, 0.1) is 0 Å². The van der Waals surface area contributed by atoms with Crippen LogP contribution in [0.4, 0.5) is 0 Å². The fraction of sp³-hybridized carbons (Fsp3) is 0.267. The first-order valence-corrected chi connectivity index (χ1v) is 5.62. The maximum absolute atomic E-state index is 11.1. The highest BCUT2D eigenvalue weighted by Gasteiger charge is 2.26. The lowest BCUT2D eigenvalue weighted by Crippen LogP contribution is -2.17. The molecular weight excluding hydrogens is 196 g/mol. The third kappa shape index (κ3) is 1.85. The Morgan fingerprint density at radius 1 is 1.12 bits per heavy atom. The van der Waals surface area contributed by atoms with Crippen LogP contribution in [0.3, 0.4) is 0 Å². The van der Waals surface area contributed by atoms with Crippen LogP contribution < -0.4 is 0 Å². The summed E-state index contributed by atoms with van der Waals surface area (Å²) in [6.07, 6.45) is 4.98. The Bertz CT molecular complexity index is 440. The molecule has 0 saturated carbocycles. The maximum atomic E-state index is 11.1. The van der Waals surface area contributed by atoms with Crippen molar-refractivity contribution in [3.63, 3.8) is 0 Å². The van der Waals surface area contributed by atoms with Gasteiger partial charge in [0, 0.05) is 5.92 Å². The van der Waals surface area contributed by atoms with Gasteiger partial charge in [-0.3, -0.25) is 4.79 Å². The van der Waals surface area contributed by atoms with Crippen LogP contribution in [0, 0.1) is 5.92 Å². The zero-order chi connectivity index (χ0) is 11.5. The van der Waals surface area contributed by atoms with Gasteiger partial charge in [-0.05, 0) is 24.0 Å². The zero-order valence-corrected chi connectivity index (χ0v) is 9.68. The van der Waals surface area contributed by atoms with E-state index in [0.717, 1.165) is 11.9 Å². The van der Waals surface area contributed by atoms with Gasteiger partial charge in [0.15, 0.2) is 0 Å². The van der Waals surface area contributed by atoms with Crippen LogP contribution in [-0.2, 0) is 4.79 Å². The number of rotatable bonds is 2. The van der Waals surface area contributed by atoms with E-state index in [0.29, 0.717) is 5.92 Å².